The van der Waals surface area contributed by atoms with Crippen LogP contribution < -0.4 is 8.37 Å². The Hall–Kier alpha value is -0.850. The maximum atomic E-state index is 12.0. The monoisotopic (exact) mass is 426 g/mol. The van der Waals surface area contributed by atoms with Crippen LogP contribution in [-0.2, 0) is 15.8 Å². The normalized spacial score (nSPS) is 17.6. The SMILES string of the molecule is CC1(C)c2c(Cl)cc(cc2Cl)OS(=O)(=O)Oc2cc(Cl)c1c(Cl)c2. The fourth-order valence-corrected chi connectivity index (χ4v) is 5.34. The molecule has 0 unspecified atom stereocenters. The van der Waals surface area contributed by atoms with E-state index in [1.807, 2.05) is 13.8 Å². The predicted molar refractivity (Wildman–Crippen MR) is 95.2 cm³/mol. The van der Waals surface area contributed by atoms with Crippen LogP contribution in [0.2, 0.25) is 20.1 Å². The summed E-state index contributed by atoms with van der Waals surface area (Å²) in [6, 6.07) is 5.39. The van der Waals surface area contributed by atoms with E-state index in [-0.39, 0.29) is 31.6 Å². The van der Waals surface area contributed by atoms with Crippen molar-refractivity contribution in [3.8, 4) is 11.5 Å². The molecule has 4 nitrogen and oxygen atoms in total. The molecule has 0 aromatic heterocycles. The molecule has 2 aromatic rings. The molecule has 4 bridgehead atoms. The molecule has 4 aliphatic rings. The second-order valence-corrected chi connectivity index (χ2v) is 8.50. The summed E-state index contributed by atoms with van der Waals surface area (Å²) in [6.45, 7) is 3.72. The van der Waals surface area contributed by atoms with Gasteiger partial charge in [-0.2, -0.15) is 0 Å². The van der Waals surface area contributed by atoms with E-state index >= 15 is 0 Å². The van der Waals surface area contributed by atoms with Crippen molar-refractivity contribution in [3.05, 3.63) is 55.5 Å². The summed E-state index contributed by atoms with van der Waals surface area (Å²) in [4.78, 5) is 0. The van der Waals surface area contributed by atoms with E-state index in [2.05, 4.69) is 0 Å². The van der Waals surface area contributed by atoms with Gasteiger partial charge in [0.05, 0.1) is 0 Å². The molecule has 0 spiro atoms. The van der Waals surface area contributed by atoms with Crippen LogP contribution >= 0.6 is 46.4 Å². The van der Waals surface area contributed by atoms with Crippen LogP contribution in [0.3, 0.4) is 0 Å². The first-order chi connectivity index (χ1) is 11.0. The smallest absolute Gasteiger partial charge is 0.353 e. The fourth-order valence-electron chi connectivity index (χ4n) is 2.77. The van der Waals surface area contributed by atoms with Crippen molar-refractivity contribution in [2.45, 2.75) is 19.3 Å². The molecule has 0 radical (unpaired) electrons. The lowest BCUT2D eigenvalue weighted by molar-refractivity contribution is 0.392. The minimum Gasteiger partial charge on any atom is -0.353 e. The Kier molecular flexibility index (Phi) is 4.38. The van der Waals surface area contributed by atoms with Gasteiger partial charge in [-0.3, -0.25) is 0 Å². The largest absolute Gasteiger partial charge is 0.500 e. The lowest BCUT2D eigenvalue weighted by Crippen LogP contribution is -2.23. The zero-order valence-corrected chi connectivity index (χ0v) is 16.2. The molecule has 0 amide bonds. The number of benzene rings is 2. The van der Waals surface area contributed by atoms with Crippen LogP contribution in [0.4, 0.5) is 0 Å². The second kappa shape index (κ2) is 5.85. The maximum absolute atomic E-state index is 12.0. The molecule has 4 aliphatic heterocycles. The molecule has 0 saturated carbocycles. The van der Waals surface area contributed by atoms with Crippen molar-refractivity contribution in [1.82, 2.24) is 0 Å². The van der Waals surface area contributed by atoms with E-state index in [4.69, 9.17) is 54.8 Å². The Morgan fingerprint density at radius 2 is 1.04 bits per heavy atom. The molecular formula is C15H10Cl4O4S. The Morgan fingerprint density at radius 1 is 0.750 bits per heavy atom. The summed E-state index contributed by atoms with van der Waals surface area (Å²) in [7, 11) is -4.41. The van der Waals surface area contributed by atoms with Gasteiger partial charge >= 0.3 is 10.4 Å². The molecule has 0 aliphatic carbocycles. The van der Waals surface area contributed by atoms with E-state index in [9.17, 15) is 8.42 Å². The molecule has 0 saturated heterocycles. The first-order valence-corrected chi connectivity index (χ1v) is 9.49. The quantitative estimate of drug-likeness (QED) is 0.545. The summed E-state index contributed by atoms with van der Waals surface area (Å²) < 4.78 is 33.8. The Balaban J connectivity index is 2.44. The Bertz CT molecular complexity index is 838. The zero-order chi connectivity index (χ0) is 17.9. The number of hydrogen-bond donors (Lipinski definition) is 0. The highest BCUT2D eigenvalue weighted by Gasteiger charge is 2.34. The molecule has 6 rings (SSSR count). The van der Waals surface area contributed by atoms with E-state index in [0.29, 0.717) is 11.1 Å². The first kappa shape index (κ1) is 18.0. The summed E-state index contributed by atoms with van der Waals surface area (Å²) in [6.07, 6.45) is 0. The fraction of sp³-hybridized carbons (Fsp3) is 0.200. The summed E-state index contributed by atoms with van der Waals surface area (Å²) in [5.41, 5.74) is 0.347. The minimum absolute atomic E-state index is 0.0586. The Labute approximate surface area is 159 Å². The molecule has 24 heavy (non-hydrogen) atoms. The molecule has 4 heterocycles. The van der Waals surface area contributed by atoms with Gasteiger partial charge in [0.1, 0.15) is 11.5 Å². The average molecular weight is 428 g/mol. The highest BCUT2D eigenvalue weighted by molar-refractivity contribution is 7.82. The van der Waals surface area contributed by atoms with Gasteiger partial charge in [-0.25, -0.2) is 0 Å². The van der Waals surface area contributed by atoms with Crippen molar-refractivity contribution >= 4 is 56.8 Å². The molecule has 9 heteroatoms. The summed E-state index contributed by atoms with van der Waals surface area (Å²) in [5, 5.41) is 0.868. The van der Waals surface area contributed by atoms with Gasteiger partial charge in [0, 0.05) is 49.8 Å². The zero-order valence-electron chi connectivity index (χ0n) is 12.4. The number of halogens is 4. The van der Waals surface area contributed by atoms with Gasteiger partial charge in [-0.15, -0.1) is 8.42 Å². The standard InChI is InChI=1S/C15H10Cl4O4S/c1-15(2)13-9(16)3-7(4-10(13)17)22-24(20,21)23-8-5-11(18)14(15)12(19)6-8/h3-6H,1-2H3. The predicted octanol–water partition coefficient (Wildman–Crippen LogP) is 5.64. The van der Waals surface area contributed by atoms with E-state index in [1.165, 1.54) is 24.3 Å². The molecular weight excluding hydrogens is 418 g/mol. The van der Waals surface area contributed by atoms with Crippen LogP contribution in [0.15, 0.2) is 24.3 Å². The highest BCUT2D eigenvalue weighted by Crippen LogP contribution is 2.48. The second-order valence-electron chi connectivity index (χ2n) is 5.72. The van der Waals surface area contributed by atoms with Crippen LogP contribution in [-0.4, -0.2) is 8.42 Å². The number of hydrogen-bond acceptors (Lipinski definition) is 4. The molecule has 2 aromatic carbocycles. The summed E-state index contributed by atoms with van der Waals surface area (Å²) in [5.74, 6) is -0.117. The average Bonchev–Trinajstić information content (AvgIpc) is 2.32. The molecule has 0 atom stereocenters. The summed E-state index contributed by atoms with van der Waals surface area (Å²) >= 11 is 25.3. The third kappa shape index (κ3) is 3.04. The number of rotatable bonds is 0. The third-order valence-corrected chi connectivity index (χ3v) is 5.66. The molecule has 0 N–H and O–H groups in total. The van der Waals surface area contributed by atoms with Crippen LogP contribution in [0.5, 0.6) is 11.5 Å². The molecule has 0 fully saturated rings. The topological polar surface area (TPSA) is 52.6 Å². The van der Waals surface area contributed by atoms with E-state index in [1.54, 1.807) is 0 Å². The van der Waals surface area contributed by atoms with Crippen molar-refractivity contribution in [1.29, 1.82) is 0 Å². The van der Waals surface area contributed by atoms with E-state index in [0.717, 1.165) is 0 Å². The van der Waals surface area contributed by atoms with Gasteiger partial charge in [0.15, 0.2) is 0 Å². The maximum Gasteiger partial charge on any atom is 0.500 e. The van der Waals surface area contributed by atoms with Gasteiger partial charge in [0.2, 0.25) is 0 Å². The lowest BCUT2D eigenvalue weighted by atomic mass is 9.78. The van der Waals surface area contributed by atoms with Crippen molar-refractivity contribution in [3.63, 3.8) is 0 Å². The van der Waals surface area contributed by atoms with Crippen molar-refractivity contribution in [2.24, 2.45) is 0 Å². The third-order valence-electron chi connectivity index (χ3n) is 3.68. The van der Waals surface area contributed by atoms with Crippen LogP contribution in [0.1, 0.15) is 25.0 Å². The Morgan fingerprint density at radius 3 is 1.33 bits per heavy atom. The van der Waals surface area contributed by atoms with Gasteiger partial charge in [0.25, 0.3) is 0 Å². The molecule has 128 valence electrons. The lowest BCUT2D eigenvalue weighted by Gasteiger charge is -2.31. The van der Waals surface area contributed by atoms with Gasteiger partial charge < -0.3 is 8.37 Å². The van der Waals surface area contributed by atoms with Gasteiger partial charge in [-0.1, -0.05) is 60.3 Å². The van der Waals surface area contributed by atoms with Crippen LogP contribution in [0, 0.1) is 0 Å². The highest BCUT2D eigenvalue weighted by atomic mass is 35.5. The van der Waals surface area contributed by atoms with Crippen molar-refractivity contribution in [2.75, 3.05) is 0 Å². The first-order valence-electron chi connectivity index (χ1n) is 6.64. The van der Waals surface area contributed by atoms with Crippen molar-refractivity contribution < 1.29 is 16.8 Å². The van der Waals surface area contributed by atoms with Crippen LogP contribution in [0.25, 0.3) is 0 Å². The van der Waals surface area contributed by atoms with Gasteiger partial charge in [-0.05, 0) is 11.1 Å². The minimum atomic E-state index is -4.41. The van der Waals surface area contributed by atoms with E-state index < -0.39 is 15.8 Å².